The summed E-state index contributed by atoms with van der Waals surface area (Å²) in [6, 6.07) is 16.4. The number of hydrogen-bond donors (Lipinski definition) is 6. The lowest BCUT2D eigenvalue weighted by Gasteiger charge is -2.46. The van der Waals surface area contributed by atoms with Crippen LogP contribution in [0, 0.1) is 0 Å². The number of aliphatic carboxylic acids is 1. The first-order chi connectivity index (χ1) is 17.3. The van der Waals surface area contributed by atoms with Crippen LogP contribution in [0.25, 0.3) is 0 Å². The minimum atomic E-state index is -2.39. The Hall–Kier alpha value is -2.90. The van der Waals surface area contributed by atoms with Crippen molar-refractivity contribution in [3.63, 3.8) is 0 Å². The molecule has 1 aliphatic rings. The Morgan fingerprint density at radius 1 is 1.03 bits per heavy atom. The molecule has 0 unspecified atom stereocenters. The van der Waals surface area contributed by atoms with Crippen molar-refractivity contribution in [1.82, 2.24) is 5.32 Å². The second-order valence-corrected chi connectivity index (χ2v) is 8.50. The molecule has 1 heterocycles. The lowest BCUT2D eigenvalue weighted by atomic mass is 9.88. The first kappa shape index (κ1) is 27.7. The van der Waals surface area contributed by atoms with Gasteiger partial charge in [0, 0.05) is 6.42 Å². The zero-order chi connectivity index (χ0) is 26.1. The van der Waals surface area contributed by atoms with Crippen LogP contribution in [0.1, 0.15) is 17.5 Å². The minimum absolute atomic E-state index is 0.155. The van der Waals surface area contributed by atoms with Crippen molar-refractivity contribution in [1.29, 1.82) is 0 Å². The van der Waals surface area contributed by atoms with Crippen molar-refractivity contribution < 1.29 is 49.3 Å². The summed E-state index contributed by atoms with van der Waals surface area (Å²) < 4.78 is 16.6. The first-order valence-electron chi connectivity index (χ1n) is 11.4. The van der Waals surface area contributed by atoms with E-state index in [1.54, 1.807) is 30.3 Å². The number of nitrogens with one attached hydrogen (secondary N) is 1. The number of benzene rings is 2. The van der Waals surface area contributed by atoms with Crippen LogP contribution in [0.15, 0.2) is 60.7 Å². The molecule has 0 radical (unpaired) electrons. The van der Waals surface area contributed by atoms with Gasteiger partial charge in [-0.1, -0.05) is 60.7 Å². The van der Waals surface area contributed by atoms with E-state index in [2.05, 4.69) is 5.32 Å². The van der Waals surface area contributed by atoms with Crippen molar-refractivity contribution in [2.75, 3.05) is 13.2 Å². The molecule has 0 aliphatic carbocycles. The van der Waals surface area contributed by atoms with Crippen molar-refractivity contribution in [3.05, 3.63) is 71.8 Å². The number of aliphatic hydroxyl groups excluding tert-OH is 4. The fraction of sp³-hybridized carbons (Fsp3) is 0.440. The van der Waals surface area contributed by atoms with Crippen LogP contribution < -0.4 is 5.32 Å². The summed E-state index contributed by atoms with van der Waals surface area (Å²) >= 11 is 0. The average Bonchev–Trinajstić information content (AvgIpc) is 2.89. The van der Waals surface area contributed by atoms with Crippen LogP contribution in [-0.4, -0.2) is 86.9 Å². The minimum Gasteiger partial charge on any atom is -0.477 e. The molecule has 0 aromatic heterocycles. The van der Waals surface area contributed by atoms with Gasteiger partial charge < -0.3 is 45.1 Å². The van der Waals surface area contributed by atoms with Gasteiger partial charge in [0.1, 0.15) is 24.9 Å². The molecule has 2 aromatic rings. The van der Waals surface area contributed by atoms with Crippen LogP contribution in [0.2, 0.25) is 0 Å². The van der Waals surface area contributed by atoms with E-state index in [0.29, 0.717) is 5.56 Å². The Labute approximate surface area is 207 Å². The lowest BCUT2D eigenvalue weighted by Crippen LogP contribution is -2.68. The quantitative estimate of drug-likeness (QED) is 0.222. The van der Waals surface area contributed by atoms with Gasteiger partial charge in [-0.05, 0) is 11.1 Å². The number of carbonyl (C=O) groups excluding carboxylic acids is 1. The highest BCUT2D eigenvalue weighted by Gasteiger charge is 2.55. The molecule has 196 valence electrons. The largest absolute Gasteiger partial charge is 0.477 e. The normalized spacial score (nSPS) is 25.6. The van der Waals surface area contributed by atoms with E-state index in [4.69, 9.17) is 14.2 Å². The summed E-state index contributed by atoms with van der Waals surface area (Å²) in [6.07, 6.45) is -7.37. The number of aliphatic hydroxyl groups is 4. The summed E-state index contributed by atoms with van der Waals surface area (Å²) in [4.78, 5) is 24.7. The number of carbonyl (C=O) groups is 2. The highest BCUT2D eigenvalue weighted by Crippen LogP contribution is 2.34. The molecular weight excluding hydrogens is 474 g/mol. The third kappa shape index (κ3) is 7.08. The van der Waals surface area contributed by atoms with E-state index in [1.165, 1.54) is 0 Å². The van der Waals surface area contributed by atoms with Crippen LogP contribution in [0.5, 0.6) is 0 Å². The molecule has 36 heavy (non-hydrogen) atoms. The van der Waals surface area contributed by atoms with Crippen molar-refractivity contribution in [3.8, 4) is 0 Å². The van der Waals surface area contributed by atoms with E-state index in [-0.39, 0.29) is 13.2 Å². The molecule has 11 heteroatoms. The molecule has 6 atom stereocenters. The SMILES string of the molecule is O=C(COCc1ccccc1)N[C@H]1[C@H]([C@H](O)[C@H](O)CO)O[C@@](OCc2ccccc2)(C(=O)O)C[C@@H]1O. The molecule has 3 rings (SSSR count). The Morgan fingerprint density at radius 3 is 2.17 bits per heavy atom. The zero-order valence-corrected chi connectivity index (χ0v) is 19.5. The Bertz CT molecular complexity index is 975. The van der Waals surface area contributed by atoms with Gasteiger partial charge in [-0.15, -0.1) is 0 Å². The van der Waals surface area contributed by atoms with Crippen LogP contribution in [-0.2, 0) is 37.0 Å². The van der Waals surface area contributed by atoms with Gasteiger partial charge in [0.05, 0.1) is 32.0 Å². The predicted octanol–water partition coefficient (Wildman–Crippen LogP) is -0.450. The van der Waals surface area contributed by atoms with Crippen LogP contribution >= 0.6 is 0 Å². The molecule has 0 saturated carbocycles. The van der Waals surface area contributed by atoms with Gasteiger partial charge >= 0.3 is 5.97 Å². The van der Waals surface area contributed by atoms with Gasteiger partial charge in [0.2, 0.25) is 5.91 Å². The monoisotopic (exact) mass is 505 g/mol. The van der Waals surface area contributed by atoms with E-state index >= 15 is 0 Å². The molecule has 1 saturated heterocycles. The van der Waals surface area contributed by atoms with Gasteiger partial charge in [0.25, 0.3) is 5.79 Å². The number of carboxylic acid groups (broad SMARTS) is 1. The maximum atomic E-state index is 12.5. The van der Waals surface area contributed by atoms with Crippen molar-refractivity contribution >= 4 is 11.9 Å². The average molecular weight is 506 g/mol. The van der Waals surface area contributed by atoms with Crippen LogP contribution in [0.4, 0.5) is 0 Å². The molecule has 6 N–H and O–H groups in total. The summed E-state index contributed by atoms with van der Waals surface area (Å²) in [5.74, 6) is -4.62. The third-order valence-electron chi connectivity index (χ3n) is 5.80. The number of hydrogen-bond acceptors (Lipinski definition) is 9. The van der Waals surface area contributed by atoms with Crippen molar-refractivity contribution in [2.24, 2.45) is 0 Å². The summed E-state index contributed by atoms with van der Waals surface area (Å²) in [5, 5.41) is 53.1. The fourth-order valence-electron chi connectivity index (χ4n) is 3.88. The molecule has 2 aromatic carbocycles. The van der Waals surface area contributed by atoms with E-state index < -0.39 is 67.8 Å². The van der Waals surface area contributed by atoms with Gasteiger partial charge in [-0.2, -0.15) is 0 Å². The highest BCUT2D eigenvalue weighted by molar-refractivity contribution is 5.78. The van der Waals surface area contributed by atoms with Gasteiger partial charge in [-0.3, -0.25) is 4.79 Å². The number of ether oxygens (including phenoxy) is 3. The second-order valence-electron chi connectivity index (χ2n) is 8.50. The molecule has 0 spiro atoms. The lowest BCUT2D eigenvalue weighted by molar-refractivity contribution is -0.314. The first-order valence-corrected chi connectivity index (χ1v) is 11.4. The fourth-order valence-corrected chi connectivity index (χ4v) is 3.88. The second kappa shape index (κ2) is 12.9. The predicted molar refractivity (Wildman–Crippen MR) is 124 cm³/mol. The molecular formula is C25H31NO10. The highest BCUT2D eigenvalue weighted by atomic mass is 16.7. The Kier molecular flexibility index (Phi) is 9.90. The molecule has 1 aliphatic heterocycles. The van der Waals surface area contributed by atoms with E-state index in [1.807, 2.05) is 30.3 Å². The maximum Gasteiger partial charge on any atom is 0.364 e. The van der Waals surface area contributed by atoms with E-state index in [9.17, 15) is 35.1 Å². The van der Waals surface area contributed by atoms with E-state index in [0.717, 1.165) is 5.56 Å². The summed E-state index contributed by atoms with van der Waals surface area (Å²) in [7, 11) is 0. The van der Waals surface area contributed by atoms with Gasteiger partial charge in [-0.25, -0.2) is 4.79 Å². The zero-order valence-electron chi connectivity index (χ0n) is 19.5. The standard InChI is InChI=1S/C25H31NO10/c27-12-19(29)22(31)23-21(26-20(30)15-34-13-16-7-3-1-4-8-16)18(28)11-25(36-23,24(32)33)35-14-17-9-5-2-6-10-17/h1-10,18-19,21-23,27-29,31H,11-15H2,(H,26,30)(H,32,33)/t18-,19+,21+,22+,23+,25+/m0/s1. The third-order valence-corrected chi connectivity index (χ3v) is 5.80. The van der Waals surface area contributed by atoms with Gasteiger partial charge in [0.15, 0.2) is 0 Å². The molecule has 11 nitrogen and oxygen atoms in total. The molecule has 1 fully saturated rings. The smallest absolute Gasteiger partial charge is 0.364 e. The number of amides is 1. The van der Waals surface area contributed by atoms with Crippen molar-refractivity contribution in [2.45, 2.75) is 55.9 Å². The Balaban J connectivity index is 1.73. The topological polar surface area (TPSA) is 175 Å². The number of rotatable bonds is 12. The number of carboxylic acids is 1. The molecule has 1 amide bonds. The maximum absolute atomic E-state index is 12.5. The molecule has 0 bridgehead atoms. The summed E-state index contributed by atoms with van der Waals surface area (Å²) in [6.45, 7) is -1.29. The van der Waals surface area contributed by atoms with Crippen LogP contribution in [0.3, 0.4) is 0 Å². The Morgan fingerprint density at radius 2 is 1.61 bits per heavy atom. The summed E-state index contributed by atoms with van der Waals surface area (Å²) in [5.41, 5.74) is 1.47.